The average Bonchev–Trinajstić information content (AvgIpc) is 2.33. The van der Waals surface area contributed by atoms with Crippen LogP contribution in [0.4, 0.5) is 0 Å². The Hall–Kier alpha value is -0.970. The van der Waals surface area contributed by atoms with E-state index < -0.39 is 0 Å². The van der Waals surface area contributed by atoms with E-state index in [1.165, 1.54) is 19.4 Å². The fourth-order valence-electron chi connectivity index (χ4n) is 1.93. The third-order valence-electron chi connectivity index (χ3n) is 2.87. The van der Waals surface area contributed by atoms with Crippen LogP contribution in [-0.2, 0) is 0 Å². The van der Waals surface area contributed by atoms with Crippen molar-refractivity contribution in [2.75, 3.05) is 13.1 Å². The summed E-state index contributed by atoms with van der Waals surface area (Å²) in [5, 5.41) is 4.17. The monoisotopic (exact) mass is 233 g/mol. The second-order valence-electron chi connectivity index (χ2n) is 4.23. The molecule has 0 bridgehead atoms. The highest BCUT2D eigenvalue weighted by molar-refractivity contribution is 6.30. The van der Waals surface area contributed by atoms with E-state index in [0.29, 0.717) is 0 Å². The normalized spacial score (nSPS) is 19.9. The second kappa shape index (κ2) is 5.94. The lowest BCUT2D eigenvalue weighted by Crippen LogP contribution is -2.29. The van der Waals surface area contributed by atoms with E-state index in [1.807, 2.05) is 24.3 Å². The minimum absolute atomic E-state index is 0.730. The number of nitrogens with one attached hydrogen (secondary N) is 1. The van der Waals surface area contributed by atoms with Crippen molar-refractivity contribution in [1.29, 1.82) is 0 Å². The average molecular weight is 234 g/mol. The fourth-order valence-corrected chi connectivity index (χ4v) is 2.05. The van der Waals surface area contributed by atoms with Gasteiger partial charge in [0.15, 0.2) is 0 Å². The molecule has 84 valence electrons. The van der Waals surface area contributed by atoms with E-state index in [-0.39, 0.29) is 0 Å². The highest BCUT2D eigenvalue weighted by atomic mass is 35.5. The quantitative estimate of drug-likeness (QED) is 0.736. The molecule has 1 aliphatic rings. The molecule has 0 spiro atoms. The lowest BCUT2D eigenvalue weighted by molar-refractivity contribution is 0.384. The van der Waals surface area contributed by atoms with Gasteiger partial charge in [0.2, 0.25) is 0 Å². The van der Waals surface area contributed by atoms with Gasteiger partial charge in [0.05, 0.1) is 0 Å². The first-order valence-corrected chi connectivity index (χ1v) is 6.17. The molecule has 2 heteroatoms. The molecule has 1 saturated heterocycles. The Morgan fingerprint density at radius 1 is 1.31 bits per heavy atom. The molecule has 1 heterocycles. The van der Waals surface area contributed by atoms with Gasteiger partial charge in [-0.15, -0.1) is 0 Å². The zero-order valence-electron chi connectivity index (χ0n) is 9.30. The summed E-state index contributed by atoms with van der Waals surface area (Å²) in [5.41, 5.74) is 1.05. The first kappa shape index (κ1) is 11.5. The van der Waals surface area contributed by atoms with Crippen LogP contribution in [0.2, 0.25) is 5.02 Å². The summed E-state index contributed by atoms with van der Waals surface area (Å²) in [5.74, 6) is 7.17. The zero-order valence-corrected chi connectivity index (χ0v) is 10.1. The molecule has 0 radical (unpaired) electrons. The van der Waals surface area contributed by atoms with Gasteiger partial charge in [0.25, 0.3) is 0 Å². The van der Waals surface area contributed by atoms with Gasteiger partial charge >= 0.3 is 0 Å². The third kappa shape index (κ3) is 3.56. The van der Waals surface area contributed by atoms with Gasteiger partial charge in [-0.3, -0.25) is 0 Å². The van der Waals surface area contributed by atoms with Crippen molar-refractivity contribution in [3.63, 3.8) is 0 Å². The Kier molecular flexibility index (Phi) is 4.27. The molecular weight excluding hydrogens is 218 g/mol. The molecule has 1 aliphatic heterocycles. The lowest BCUT2D eigenvalue weighted by atomic mass is 9.96. The molecule has 1 aromatic rings. The van der Waals surface area contributed by atoms with E-state index in [9.17, 15) is 0 Å². The van der Waals surface area contributed by atoms with Crippen molar-refractivity contribution < 1.29 is 0 Å². The van der Waals surface area contributed by atoms with Crippen LogP contribution in [0.1, 0.15) is 24.8 Å². The Bertz CT molecular complexity index is 379. The maximum atomic E-state index is 5.81. The van der Waals surface area contributed by atoms with Gasteiger partial charge in [-0.1, -0.05) is 23.4 Å². The SMILES string of the molecule is Clc1ccc(C#CCC2CCCNC2)cc1. The highest BCUT2D eigenvalue weighted by Crippen LogP contribution is 2.13. The van der Waals surface area contributed by atoms with Gasteiger partial charge in [0.1, 0.15) is 0 Å². The summed E-state index contributed by atoms with van der Waals surface area (Å²) in [7, 11) is 0. The Balaban J connectivity index is 1.87. The molecule has 0 amide bonds. The molecule has 0 aromatic heterocycles. The molecule has 2 rings (SSSR count). The summed E-state index contributed by atoms with van der Waals surface area (Å²) in [6, 6.07) is 7.70. The Labute approximate surface area is 102 Å². The maximum absolute atomic E-state index is 5.81. The van der Waals surface area contributed by atoms with Crippen LogP contribution in [-0.4, -0.2) is 13.1 Å². The van der Waals surface area contributed by atoms with Gasteiger partial charge in [0, 0.05) is 17.0 Å². The summed E-state index contributed by atoms with van der Waals surface area (Å²) in [6.45, 7) is 2.29. The van der Waals surface area contributed by atoms with E-state index in [1.54, 1.807) is 0 Å². The van der Waals surface area contributed by atoms with E-state index in [4.69, 9.17) is 11.6 Å². The molecule has 1 unspecified atom stereocenters. The van der Waals surface area contributed by atoms with Crippen molar-refractivity contribution in [3.05, 3.63) is 34.9 Å². The van der Waals surface area contributed by atoms with Crippen LogP contribution >= 0.6 is 11.6 Å². The maximum Gasteiger partial charge on any atom is 0.0406 e. The third-order valence-corrected chi connectivity index (χ3v) is 3.12. The standard InChI is InChI=1S/C14H16ClN/c15-14-8-6-12(7-9-14)3-1-4-13-5-2-10-16-11-13/h6-9,13,16H,2,4-5,10-11H2. The molecule has 1 aromatic carbocycles. The molecule has 1 N–H and O–H groups in total. The number of benzene rings is 1. The van der Waals surface area contributed by atoms with Crippen LogP contribution in [0.15, 0.2) is 24.3 Å². The Morgan fingerprint density at radius 3 is 2.81 bits per heavy atom. The summed E-state index contributed by atoms with van der Waals surface area (Å²) < 4.78 is 0. The largest absolute Gasteiger partial charge is 0.316 e. The second-order valence-corrected chi connectivity index (χ2v) is 4.66. The number of piperidine rings is 1. The number of halogens is 1. The van der Waals surface area contributed by atoms with Gasteiger partial charge < -0.3 is 5.32 Å². The molecule has 16 heavy (non-hydrogen) atoms. The number of hydrogen-bond acceptors (Lipinski definition) is 1. The van der Waals surface area contributed by atoms with Crippen molar-refractivity contribution in [2.24, 2.45) is 5.92 Å². The number of rotatable bonds is 1. The van der Waals surface area contributed by atoms with E-state index in [2.05, 4.69) is 17.2 Å². The van der Waals surface area contributed by atoms with Crippen molar-refractivity contribution in [3.8, 4) is 11.8 Å². The van der Waals surface area contributed by atoms with Crippen molar-refractivity contribution in [2.45, 2.75) is 19.3 Å². The van der Waals surface area contributed by atoms with E-state index >= 15 is 0 Å². The van der Waals surface area contributed by atoms with Gasteiger partial charge in [-0.05, 0) is 56.1 Å². The van der Waals surface area contributed by atoms with Gasteiger partial charge in [-0.25, -0.2) is 0 Å². The van der Waals surface area contributed by atoms with E-state index in [0.717, 1.165) is 29.5 Å². The topological polar surface area (TPSA) is 12.0 Å². The van der Waals surface area contributed by atoms with Crippen LogP contribution in [0.25, 0.3) is 0 Å². The smallest absolute Gasteiger partial charge is 0.0406 e. The first-order chi connectivity index (χ1) is 7.84. The van der Waals surface area contributed by atoms with Crippen LogP contribution in [0.5, 0.6) is 0 Å². The molecular formula is C14H16ClN. The lowest BCUT2D eigenvalue weighted by Gasteiger charge is -2.20. The molecule has 1 fully saturated rings. The first-order valence-electron chi connectivity index (χ1n) is 5.80. The summed E-state index contributed by atoms with van der Waals surface area (Å²) in [4.78, 5) is 0. The Morgan fingerprint density at radius 2 is 2.12 bits per heavy atom. The van der Waals surface area contributed by atoms with Crippen LogP contribution in [0, 0.1) is 17.8 Å². The minimum Gasteiger partial charge on any atom is -0.316 e. The van der Waals surface area contributed by atoms with Gasteiger partial charge in [-0.2, -0.15) is 0 Å². The van der Waals surface area contributed by atoms with Crippen LogP contribution in [0.3, 0.4) is 0 Å². The molecule has 1 atom stereocenters. The zero-order chi connectivity index (χ0) is 11.2. The van der Waals surface area contributed by atoms with Crippen molar-refractivity contribution >= 4 is 11.6 Å². The molecule has 0 aliphatic carbocycles. The minimum atomic E-state index is 0.730. The van der Waals surface area contributed by atoms with Crippen molar-refractivity contribution in [1.82, 2.24) is 5.32 Å². The fraction of sp³-hybridized carbons (Fsp3) is 0.429. The molecule has 1 nitrogen and oxygen atoms in total. The predicted octanol–water partition coefficient (Wildman–Crippen LogP) is 3.08. The van der Waals surface area contributed by atoms with Crippen LogP contribution < -0.4 is 5.32 Å². The summed E-state index contributed by atoms with van der Waals surface area (Å²) in [6.07, 6.45) is 3.59. The molecule has 0 saturated carbocycles. The number of hydrogen-bond donors (Lipinski definition) is 1. The highest BCUT2D eigenvalue weighted by Gasteiger charge is 2.10. The summed E-state index contributed by atoms with van der Waals surface area (Å²) >= 11 is 5.81. The predicted molar refractivity (Wildman–Crippen MR) is 68.5 cm³/mol.